The summed E-state index contributed by atoms with van der Waals surface area (Å²) in [7, 11) is 0. The maximum absolute atomic E-state index is 9.81. The van der Waals surface area contributed by atoms with Gasteiger partial charge in [-0.15, -0.1) is 0 Å². The SMILES string of the molecule is N/C=C/c1ccc(O)c(-c2ccccc2O)c1. The van der Waals surface area contributed by atoms with Gasteiger partial charge in [-0.25, -0.2) is 0 Å². The van der Waals surface area contributed by atoms with E-state index in [0.717, 1.165) is 5.56 Å². The highest BCUT2D eigenvalue weighted by atomic mass is 16.3. The van der Waals surface area contributed by atoms with Crippen molar-refractivity contribution in [2.75, 3.05) is 0 Å². The molecule has 0 aromatic heterocycles. The molecular weight excluding hydrogens is 214 g/mol. The number of para-hydroxylation sites is 1. The van der Waals surface area contributed by atoms with Crippen molar-refractivity contribution < 1.29 is 10.2 Å². The molecule has 4 N–H and O–H groups in total. The van der Waals surface area contributed by atoms with Crippen LogP contribution in [0.3, 0.4) is 0 Å². The van der Waals surface area contributed by atoms with Crippen LogP contribution < -0.4 is 5.73 Å². The zero-order chi connectivity index (χ0) is 12.3. The number of phenols is 2. The van der Waals surface area contributed by atoms with E-state index < -0.39 is 0 Å². The highest BCUT2D eigenvalue weighted by Crippen LogP contribution is 2.35. The third-order valence-corrected chi connectivity index (χ3v) is 2.50. The fourth-order valence-electron chi connectivity index (χ4n) is 1.69. The lowest BCUT2D eigenvalue weighted by Crippen LogP contribution is -1.83. The Morgan fingerprint density at radius 3 is 2.29 bits per heavy atom. The van der Waals surface area contributed by atoms with E-state index in [0.29, 0.717) is 11.1 Å². The fraction of sp³-hybridized carbons (Fsp3) is 0. The van der Waals surface area contributed by atoms with Crippen LogP contribution in [0.15, 0.2) is 48.7 Å². The molecule has 0 saturated carbocycles. The van der Waals surface area contributed by atoms with Crippen LogP contribution in [-0.2, 0) is 0 Å². The molecule has 0 spiro atoms. The quantitative estimate of drug-likeness (QED) is 0.739. The zero-order valence-corrected chi connectivity index (χ0v) is 9.17. The van der Waals surface area contributed by atoms with Crippen molar-refractivity contribution in [1.82, 2.24) is 0 Å². The van der Waals surface area contributed by atoms with Crippen LogP contribution in [0, 0.1) is 0 Å². The summed E-state index contributed by atoms with van der Waals surface area (Å²) in [5.74, 6) is 0.261. The highest BCUT2D eigenvalue weighted by molar-refractivity contribution is 5.77. The third kappa shape index (κ3) is 2.23. The van der Waals surface area contributed by atoms with Crippen LogP contribution >= 0.6 is 0 Å². The predicted molar refractivity (Wildman–Crippen MR) is 68.4 cm³/mol. The molecular formula is C14H13NO2. The third-order valence-electron chi connectivity index (χ3n) is 2.50. The van der Waals surface area contributed by atoms with E-state index in [1.165, 1.54) is 6.20 Å². The lowest BCUT2D eigenvalue weighted by atomic mass is 10.0. The molecule has 3 heteroatoms. The van der Waals surface area contributed by atoms with E-state index in [1.54, 1.807) is 48.5 Å². The minimum absolute atomic E-state index is 0.126. The first-order chi connectivity index (χ1) is 8.22. The first-order valence-electron chi connectivity index (χ1n) is 5.22. The smallest absolute Gasteiger partial charge is 0.123 e. The van der Waals surface area contributed by atoms with E-state index in [9.17, 15) is 10.2 Å². The number of benzene rings is 2. The summed E-state index contributed by atoms with van der Waals surface area (Å²) >= 11 is 0. The van der Waals surface area contributed by atoms with Crippen LogP contribution in [-0.4, -0.2) is 10.2 Å². The topological polar surface area (TPSA) is 66.5 Å². The summed E-state index contributed by atoms with van der Waals surface area (Å²) in [6.07, 6.45) is 3.16. The Hall–Kier alpha value is -2.42. The molecule has 2 aromatic rings. The lowest BCUT2D eigenvalue weighted by Gasteiger charge is -2.07. The Balaban J connectivity index is 2.58. The summed E-state index contributed by atoms with van der Waals surface area (Å²) in [4.78, 5) is 0. The van der Waals surface area contributed by atoms with Crippen molar-refractivity contribution >= 4 is 6.08 Å². The summed E-state index contributed by atoms with van der Waals surface area (Å²) in [5.41, 5.74) is 7.37. The van der Waals surface area contributed by atoms with E-state index in [2.05, 4.69) is 0 Å². The summed E-state index contributed by atoms with van der Waals surface area (Å²) < 4.78 is 0. The van der Waals surface area contributed by atoms with Crippen LogP contribution in [0.1, 0.15) is 5.56 Å². The standard InChI is InChI=1S/C14H13NO2/c15-8-7-10-5-6-14(17)12(9-10)11-3-1-2-4-13(11)16/h1-9,16-17H,15H2/b8-7+. The second-order valence-electron chi connectivity index (χ2n) is 3.65. The summed E-state index contributed by atoms with van der Waals surface area (Å²) in [5, 5.41) is 19.6. The lowest BCUT2D eigenvalue weighted by molar-refractivity contribution is 0.469. The minimum Gasteiger partial charge on any atom is -0.507 e. The van der Waals surface area contributed by atoms with E-state index in [1.807, 2.05) is 0 Å². The number of hydrogen-bond acceptors (Lipinski definition) is 3. The number of rotatable bonds is 2. The molecule has 0 saturated heterocycles. The van der Waals surface area contributed by atoms with Gasteiger partial charge in [0.25, 0.3) is 0 Å². The van der Waals surface area contributed by atoms with Crippen molar-refractivity contribution in [2.45, 2.75) is 0 Å². The molecule has 0 aliphatic rings. The number of phenolic OH excluding ortho intramolecular Hbond substituents is 2. The predicted octanol–water partition coefficient (Wildman–Crippen LogP) is 2.69. The maximum Gasteiger partial charge on any atom is 0.123 e. The second kappa shape index (κ2) is 4.61. The van der Waals surface area contributed by atoms with Gasteiger partial charge in [0.15, 0.2) is 0 Å². The maximum atomic E-state index is 9.81. The van der Waals surface area contributed by atoms with Gasteiger partial charge in [0.1, 0.15) is 11.5 Å². The minimum atomic E-state index is 0.126. The monoisotopic (exact) mass is 227 g/mol. The van der Waals surface area contributed by atoms with Gasteiger partial charge in [-0.3, -0.25) is 0 Å². The molecule has 0 heterocycles. The van der Waals surface area contributed by atoms with Crippen LogP contribution in [0.25, 0.3) is 17.2 Å². The van der Waals surface area contributed by atoms with Gasteiger partial charge in [-0.05, 0) is 36.0 Å². The van der Waals surface area contributed by atoms with Gasteiger partial charge < -0.3 is 15.9 Å². The average Bonchev–Trinajstić information content (AvgIpc) is 2.33. The average molecular weight is 227 g/mol. The molecule has 0 amide bonds. The van der Waals surface area contributed by atoms with Gasteiger partial charge in [0.2, 0.25) is 0 Å². The van der Waals surface area contributed by atoms with Gasteiger partial charge >= 0.3 is 0 Å². The van der Waals surface area contributed by atoms with Gasteiger partial charge in [-0.1, -0.05) is 24.3 Å². The molecule has 0 atom stereocenters. The second-order valence-corrected chi connectivity index (χ2v) is 3.65. The van der Waals surface area contributed by atoms with Crippen molar-refractivity contribution in [1.29, 1.82) is 0 Å². The van der Waals surface area contributed by atoms with E-state index in [-0.39, 0.29) is 11.5 Å². The molecule has 17 heavy (non-hydrogen) atoms. The van der Waals surface area contributed by atoms with Gasteiger partial charge in [0.05, 0.1) is 0 Å². The van der Waals surface area contributed by atoms with Crippen LogP contribution in [0.5, 0.6) is 11.5 Å². The molecule has 0 bridgehead atoms. The Morgan fingerprint density at radius 2 is 1.59 bits per heavy atom. The first kappa shape index (κ1) is 11.1. The van der Waals surface area contributed by atoms with Gasteiger partial charge in [-0.2, -0.15) is 0 Å². The molecule has 0 fully saturated rings. The molecule has 0 unspecified atom stereocenters. The molecule has 0 radical (unpaired) electrons. The Kier molecular flexibility index (Phi) is 3.01. The number of nitrogens with two attached hydrogens (primary N) is 1. The van der Waals surface area contributed by atoms with E-state index in [4.69, 9.17) is 5.73 Å². The summed E-state index contributed by atoms with van der Waals surface area (Å²) in [6.45, 7) is 0. The number of aromatic hydroxyl groups is 2. The Morgan fingerprint density at radius 1 is 0.882 bits per heavy atom. The fourth-order valence-corrected chi connectivity index (χ4v) is 1.69. The molecule has 0 aliphatic carbocycles. The van der Waals surface area contributed by atoms with Crippen LogP contribution in [0.4, 0.5) is 0 Å². The molecule has 3 nitrogen and oxygen atoms in total. The van der Waals surface area contributed by atoms with E-state index >= 15 is 0 Å². The largest absolute Gasteiger partial charge is 0.507 e. The zero-order valence-electron chi connectivity index (χ0n) is 9.17. The van der Waals surface area contributed by atoms with Crippen molar-refractivity contribution in [3.8, 4) is 22.6 Å². The normalized spacial score (nSPS) is 10.8. The molecule has 2 rings (SSSR count). The Labute approximate surface area is 99.5 Å². The number of hydrogen-bond donors (Lipinski definition) is 3. The van der Waals surface area contributed by atoms with Crippen molar-refractivity contribution in [3.05, 3.63) is 54.2 Å². The first-order valence-corrected chi connectivity index (χ1v) is 5.22. The van der Waals surface area contributed by atoms with Crippen molar-refractivity contribution in [3.63, 3.8) is 0 Å². The molecule has 86 valence electrons. The van der Waals surface area contributed by atoms with Crippen LogP contribution in [0.2, 0.25) is 0 Å². The Bertz CT molecular complexity index is 562. The summed E-state index contributed by atoms with van der Waals surface area (Å²) in [6, 6.07) is 12.0. The molecule has 0 aliphatic heterocycles. The van der Waals surface area contributed by atoms with Crippen molar-refractivity contribution in [2.24, 2.45) is 5.73 Å². The highest BCUT2D eigenvalue weighted by Gasteiger charge is 2.08. The van der Waals surface area contributed by atoms with Gasteiger partial charge in [0, 0.05) is 11.1 Å². The molecule has 2 aromatic carbocycles.